The lowest BCUT2D eigenvalue weighted by Gasteiger charge is -2.44. The molecule has 1 aromatic carbocycles. The lowest BCUT2D eigenvalue weighted by Crippen LogP contribution is -2.49. The predicted octanol–water partition coefficient (Wildman–Crippen LogP) is 3.19. The summed E-state index contributed by atoms with van der Waals surface area (Å²) in [6, 6.07) is 7.02. The minimum Gasteiger partial charge on any atom is -0.385 e. The summed E-state index contributed by atoms with van der Waals surface area (Å²) in [5.74, 6) is 0.610. The van der Waals surface area contributed by atoms with Gasteiger partial charge in [-0.1, -0.05) is 19.1 Å². The number of nitrogens with zero attached hydrogens (tertiary/aromatic N) is 3. The van der Waals surface area contributed by atoms with Gasteiger partial charge in [-0.25, -0.2) is 14.4 Å². The van der Waals surface area contributed by atoms with Crippen LogP contribution in [0.15, 0.2) is 36.7 Å². The average Bonchev–Trinajstić information content (AvgIpc) is 2.87. The van der Waals surface area contributed by atoms with Gasteiger partial charge in [0.1, 0.15) is 11.6 Å². The number of aryl methyl sites for hydroxylation is 1. The Labute approximate surface area is 147 Å². The highest BCUT2D eigenvalue weighted by molar-refractivity contribution is 5.26. The lowest BCUT2D eigenvalue weighted by molar-refractivity contribution is -0.0595. The minimum atomic E-state index is -0.849. The summed E-state index contributed by atoms with van der Waals surface area (Å²) in [6.07, 6.45) is 8.29. The van der Waals surface area contributed by atoms with Gasteiger partial charge < -0.3 is 5.11 Å². The van der Waals surface area contributed by atoms with Crippen molar-refractivity contribution in [3.05, 3.63) is 59.4 Å². The van der Waals surface area contributed by atoms with Crippen molar-refractivity contribution >= 4 is 0 Å². The van der Waals surface area contributed by atoms with Gasteiger partial charge in [0.15, 0.2) is 0 Å². The standard InChI is InChI=1S/C20H24FN3O/c1-2-19-22-11-14(12-23-19)13-24-17-7-8-18(24)10-20(25,9-17)15-3-5-16(21)6-4-15/h3-6,11-12,17-18,25H,2,7-10,13H2,1H3. The molecule has 0 radical (unpaired) electrons. The van der Waals surface area contributed by atoms with Crippen LogP contribution in [0.3, 0.4) is 0 Å². The number of fused-ring (bicyclic) bond motifs is 2. The molecule has 0 amide bonds. The Balaban J connectivity index is 1.50. The molecule has 2 fully saturated rings. The Hall–Kier alpha value is -1.85. The number of aromatic nitrogens is 2. The Morgan fingerprint density at radius 3 is 2.28 bits per heavy atom. The molecular formula is C20H24FN3O. The molecule has 2 unspecified atom stereocenters. The maximum atomic E-state index is 13.2. The summed E-state index contributed by atoms with van der Waals surface area (Å²) in [6.45, 7) is 2.88. The maximum Gasteiger partial charge on any atom is 0.127 e. The van der Waals surface area contributed by atoms with Crippen molar-refractivity contribution in [2.75, 3.05) is 0 Å². The molecule has 2 saturated heterocycles. The zero-order valence-electron chi connectivity index (χ0n) is 14.5. The maximum absolute atomic E-state index is 13.2. The van der Waals surface area contributed by atoms with Gasteiger partial charge in [-0.2, -0.15) is 0 Å². The molecule has 3 heterocycles. The van der Waals surface area contributed by atoms with Crippen LogP contribution in [0.5, 0.6) is 0 Å². The second-order valence-corrected chi connectivity index (χ2v) is 7.37. The van der Waals surface area contributed by atoms with Crippen LogP contribution in [0.2, 0.25) is 0 Å². The quantitative estimate of drug-likeness (QED) is 0.928. The molecule has 2 aliphatic heterocycles. The fourth-order valence-electron chi connectivity index (χ4n) is 4.43. The molecule has 1 N–H and O–H groups in total. The predicted molar refractivity (Wildman–Crippen MR) is 93.3 cm³/mol. The van der Waals surface area contributed by atoms with E-state index in [9.17, 15) is 9.50 Å². The van der Waals surface area contributed by atoms with Crippen molar-refractivity contribution in [3.8, 4) is 0 Å². The zero-order valence-corrected chi connectivity index (χ0v) is 14.5. The van der Waals surface area contributed by atoms with Gasteiger partial charge in [0.2, 0.25) is 0 Å². The van der Waals surface area contributed by atoms with Crippen molar-refractivity contribution in [2.24, 2.45) is 0 Å². The van der Waals surface area contributed by atoms with Crippen LogP contribution >= 0.6 is 0 Å². The average molecular weight is 341 g/mol. The van der Waals surface area contributed by atoms with E-state index in [-0.39, 0.29) is 5.82 Å². The van der Waals surface area contributed by atoms with E-state index in [1.807, 2.05) is 12.4 Å². The van der Waals surface area contributed by atoms with E-state index < -0.39 is 5.60 Å². The summed E-state index contributed by atoms with van der Waals surface area (Å²) in [5, 5.41) is 11.2. The topological polar surface area (TPSA) is 49.2 Å². The van der Waals surface area contributed by atoms with E-state index in [0.717, 1.165) is 42.8 Å². The van der Waals surface area contributed by atoms with Crippen LogP contribution in [-0.2, 0) is 18.6 Å². The third-order valence-electron chi connectivity index (χ3n) is 5.74. The highest BCUT2D eigenvalue weighted by Gasteiger charge is 2.48. The largest absolute Gasteiger partial charge is 0.385 e. The van der Waals surface area contributed by atoms with Gasteiger partial charge in [-0.15, -0.1) is 0 Å². The van der Waals surface area contributed by atoms with E-state index in [0.29, 0.717) is 24.9 Å². The summed E-state index contributed by atoms with van der Waals surface area (Å²) < 4.78 is 13.2. The van der Waals surface area contributed by atoms with Crippen molar-refractivity contribution in [3.63, 3.8) is 0 Å². The number of benzene rings is 1. The summed E-state index contributed by atoms with van der Waals surface area (Å²) in [4.78, 5) is 11.3. The Morgan fingerprint density at radius 2 is 1.72 bits per heavy atom. The first-order chi connectivity index (χ1) is 12.1. The van der Waals surface area contributed by atoms with Crippen LogP contribution < -0.4 is 0 Å². The van der Waals surface area contributed by atoms with Gasteiger partial charge in [-0.3, -0.25) is 4.90 Å². The van der Waals surface area contributed by atoms with Crippen molar-refractivity contribution in [1.29, 1.82) is 0 Å². The number of hydrogen-bond acceptors (Lipinski definition) is 4. The van der Waals surface area contributed by atoms with E-state index in [1.54, 1.807) is 12.1 Å². The van der Waals surface area contributed by atoms with E-state index >= 15 is 0 Å². The molecule has 1 aromatic heterocycles. The third kappa shape index (κ3) is 3.18. The second-order valence-electron chi connectivity index (χ2n) is 7.37. The fourth-order valence-corrected chi connectivity index (χ4v) is 4.43. The Morgan fingerprint density at radius 1 is 1.12 bits per heavy atom. The summed E-state index contributed by atoms with van der Waals surface area (Å²) >= 11 is 0. The second kappa shape index (κ2) is 6.46. The highest BCUT2D eigenvalue weighted by atomic mass is 19.1. The number of piperidine rings is 1. The van der Waals surface area contributed by atoms with Gasteiger partial charge in [0, 0.05) is 43.0 Å². The van der Waals surface area contributed by atoms with Crippen LogP contribution in [0, 0.1) is 5.82 Å². The number of hydrogen-bond donors (Lipinski definition) is 1. The van der Waals surface area contributed by atoms with Gasteiger partial charge >= 0.3 is 0 Å². The molecule has 0 spiro atoms. The first-order valence-electron chi connectivity index (χ1n) is 9.11. The van der Waals surface area contributed by atoms with Crippen LogP contribution in [0.1, 0.15) is 49.6 Å². The first-order valence-corrected chi connectivity index (χ1v) is 9.11. The molecule has 2 atom stereocenters. The molecule has 0 aliphatic carbocycles. The van der Waals surface area contributed by atoms with Crippen molar-refractivity contribution in [1.82, 2.24) is 14.9 Å². The smallest absolute Gasteiger partial charge is 0.127 e. The molecule has 2 bridgehead atoms. The number of rotatable bonds is 4. The molecule has 0 saturated carbocycles. The number of aliphatic hydroxyl groups is 1. The van der Waals surface area contributed by atoms with Crippen molar-refractivity contribution < 1.29 is 9.50 Å². The molecular weight excluding hydrogens is 317 g/mol. The summed E-state index contributed by atoms with van der Waals surface area (Å²) in [7, 11) is 0. The SMILES string of the molecule is CCc1ncc(CN2C3CCC2CC(O)(c2ccc(F)cc2)C3)cn1. The molecule has 4 rings (SSSR count). The van der Waals surface area contributed by atoms with Crippen LogP contribution in [0.4, 0.5) is 4.39 Å². The van der Waals surface area contributed by atoms with Gasteiger partial charge in [-0.05, 0) is 43.4 Å². The molecule has 5 heteroatoms. The van der Waals surface area contributed by atoms with Crippen molar-refractivity contribution in [2.45, 2.75) is 63.3 Å². The Bertz CT molecular complexity index is 718. The van der Waals surface area contributed by atoms with E-state index in [1.165, 1.54) is 12.1 Å². The lowest BCUT2D eigenvalue weighted by atomic mass is 9.80. The highest BCUT2D eigenvalue weighted by Crippen LogP contribution is 2.46. The van der Waals surface area contributed by atoms with Gasteiger partial charge in [0.05, 0.1) is 5.60 Å². The fraction of sp³-hybridized carbons (Fsp3) is 0.500. The first kappa shape index (κ1) is 16.6. The van der Waals surface area contributed by atoms with E-state index in [2.05, 4.69) is 21.8 Å². The summed E-state index contributed by atoms with van der Waals surface area (Å²) in [5.41, 5.74) is 1.11. The zero-order chi connectivity index (χ0) is 17.4. The molecule has 25 heavy (non-hydrogen) atoms. The molecule has 4 nitrogen and oxygen atoms in total. The third-order valence-corrected chi connectivity index (χ3v) is 5.74. The van der Waals surface area contributed by atoms with Gasteiger partial charge in [0.25, 0.3) is 0 Å². The van der Waals surface area contributed by atoms with Crippen LogP contribution in [0.25, 0.3) is 0 Å². The molecule has 2 aliphatic rings. The normalized spacial score (nSPS) is 29.1. The monoisotopic (exact) mass is 341 g/mol. The van der Waals surface area contributed by atoms with E-state index in [4.69, 9.17) is 0 Å². The Kier molecular flexibility index (Phi) is 4.29. The number of halogens is 1. The molecule has 2 aromatic rings. The van der Waals surface area contributed by atoms with Crippen LogP contribution in [-0.4, -0.2) is 32.1 Å². The molecule has 132 valence electrons. The minimum absolute atomic E-state index is 0.261.